The Bertz CT molecular complexity index is 1820. The quantitative estimate of drug-likeness (QED) is 0.225. The lowest BCUT2D eigenvalue weighted by atomic mass is 9.98. The van der Waals surface area contributed by atoms with Gasteiger partial charge in [0.2, 0.25) is 0 Å². The number of nitrogens with one attached hydrogen (secondary N) is 4. The highest BCUT2D eigenvalue weighted by atomic mass is 19.4. The summed E-state index contributed by atoms with van der Waals surface area (Å²) in [4.78, 5) is 8.82. The van der Waals surface area contributed by atoms with Crippen LogP contribution in [0, 0.1) is 0 Å². The van der Waals surface area contributed by atoms with Crippen molar-refractivity contribution in [1.82, 2.24) is 19.9 Å². The molecule has 5 heterocycles. The molecule has 236 valence electrons. The van der Waals surface area contributed by atoms with Crippen LogP contribution in [0.3, 0.4) is 0 Å². The van der Waals surface area contributed by atoms with Crippen molar-refractivity contribution in [3.63, 3.8) is 0 Å². The van der Waals surface area contributed by atoms with Crippen molar-refractivity contribution in [2.24, 2.45) is 0 Å². The van der Waals surface area contributed by atoms with Crippen LogP contribution in [0.2, 0.25) is 0 Å². The highest BCUT2D eigenvalue weighted by Crippen LogP contribution is 2.52. The van der Waals surface area contributed by atoms with E-state index >= 15 is 17.6 Å². The molecule has 0 saturated carbocycles. The van der Waals surface area contributed by atoms with Gasteiger partial charge < -0.3 is 19.9 Å². The zero-order valence-corrected chi connectivity index (χ0v) is 21.1. The number of hydrogen-bond acceptors (Lipinski definition) is 0. The van der Waals surface area contributed by atoms with E-state index in [0.717, 1.165) is 12.1 Å². The van der Waals surface area contributed by atoms with Gasteiger partial charge in [0, 0.05) is 22.1 Å². The summed E-state index contributed by atoms with van der Waals surface area (Å²) in [6, 6.07) is 6.61. The lowest BCUT2D eigenvalue weighted by Gasteiger charge is -2.30. The standard InChI is InChI=1S/C26H14F14N4/c27-21(28,23(31,32)25(35,36)37)19-15-5-3-13(42-15)9-11-1-2-12(41-11)10-14-4-6-16(43-14)20(18-8-7-17(19)44-18)22(29,30)24(33,34)26(38,39)40/h1-10,41-44H. The Labute approximate surface area is 234 Å². The van der Waals surface area contributed by atoms with Crippen molar-refractivity contribution in [3.8, 4) is 0 Å². The molecule has 0 radical (unpaired) electrons. The first kappa shape index (κ1) is 31.1. The van der Waals surface area contributed by atoms with E-state index in [9.17, 15) is 43.9 Å². The maximum atomic E-state index is 15.2. The van der Waals surface area contributed by atoms with Gasteiger partial charge in [-0.25, -0.2) is 0 Å². The molecule has 4 aromatic rings. The molecular formula is C26H14F14N4. The summed E-state index contributed by atoms with van der Waals surface area (Å²) < 4.78 is 197. The Morgan fingerprint density at radius 1 is 0.386 bits per heavy atom. The zero-order valence-electron chi connectivity index (χ0n) is 21.1. The molecule has 0 saturated heterocycles. The minimum absolute atomic E-state index is 0.123. The molecule has 0 fully saturated rings. The van der Waals surface area contributed by atoms with Crippen LogP contribution in [0.5, 0.6) is 0 Å². The molecule has 8 bridgehead atoms. The Morgan fingerprint density at radius 3 is 1.09 bits per heavy atom. The van der Waals surface area contributed by atoms with Gasteiger partial charge in [-0.2, -0.15) is 61.5 Å². The second-order valence-electron chi connectivity index (χ2n) is 9.64. The highest BCUT2D eigenvalue weighted by molar-refractivity contribution is 5.73. The van der Waals surface area contributed by atoms with E-state index in [4.69, 9.17) is 0 Å². The molecule has 0 unspecified atom stereocenters. The van der Waals surface area contributed by atoms with Gasteiger partial charge in [-0.05, 0) is 60.7 Å². The first-order valence-electron chi connectivity index (χ1n) is 11.9. The zero-order chi connectivity index (χ0) is 32.7. The summed E-state index contributed by atoms with van der Waals surface area (Å²) in [7, 11) is 0. The molecule has 4 nitrogen and oxygen atoms in total. The summed E-state index contributed by atoms with van der Waals surface area (Å²) in [6.07, 6.45) is -11.2. The van der Waals surface area contributed by atoms with E-state index < -0.39 is 69.3 Å². The molecule has 5 rings (SSSR count). The van der Waals surface area contributed by atoms with Gasteiger partial charge >= 0.3 is 36.0 Å². The van der Waals surface area contributed by atoms with Crippen molar-refractivity contribution in [1.29, 1.82) is 0 Å². The molecule has 4 aromatic heterocycles. The van der Waals surface area contributed by atoms with E-state index in [-0.39, 0.29) is 34.2 Å². The topological polar surface area (TPSA) is 63.2 Å². The molecule has 1 aliphatic rings. The van der Waals surface area contributed by atoms with Crippen LogP contribution in [0.15, 0.2) is 48.5 Å². The summed E-state index contributed by atoms with van der Waals surface area (Å²) in [5.41, 5.74) is -6.75. The Kier molecular flexibility index (Phi) is 6.75. The molecule has 0 atom stereocenters. The van der Waals surface area contributed by atoms with Gasteiger partial charge in [0.05, 0.1) is 33.2 Å². The van der Waals surface area contributed by atoms with Crippen molar-refractivity contribution in [3.05, 3.63) is 92.7 Å². The second kappa shape index (κ2) is 9.56. The van der Waals surface area contributed by atoms with Gasteiger partial charge in [-0.3, -0.25) is 0 Å². The van der Waals surface area contributed by atoms with Crippen LogP contribution < -0.4 is 21.4 Å². The van der Waals surface area contributed by atoms with E-state index in [1.807, 2.05) is 0 Å². The fourth-order valence-electron chi connectivity index (χ4n) is 4.54. The highest BCUT2D eigenvalue weighted by Gasteiger charge is 2.75. The molecule has 18 heteroatoms. The monoisotopic (exact) mass is 648 g/mol. The minimum Gasteiger partial charge on any atom is -0.355 e. The van der Waals surface area contributed by atoms with Crippen molar-refractivity contribution in [2.75, 3.05) is 0 Å². The van der Waals surface area contributed by atoms with Gasteiger partial charge in [0.1, 0.15) is 0 Å². The smallest absolute Gasteiger partial charge is 0.355 e. The Morgan fingerprint density at radius 2 is 0.750 bits per heavy atom. The van der Waals surface area contributed by atoms with Crippen LogP contribution >= 0.6 is 0 Å². The molecule has 0 aliphatic carbocycles. The van der Waals surface area contributed by atoms with Gasteiger partial charge in [-0.15, -0.1) is 0 Å². The number of H-pyrrole nitrogens is 4. The maximum absolute atomic E-state index is 15.2. The van der Waals surface area contributed by atoms with E-state index in [1.165, 1.54) is 24.3 Å². The van der Waals surface area contributed by atoms with Crippen molar-refractivity contribution >= 4 is 23.3 Å². The maximum Gasteiger partial charge on any atom is 0.460 e. The van der Waals surface area contributed by atoms with Crippen LogP contribution in [-0.4, -0.2) is 56.0 Å². The largest absolute Gasteiger partial charge is 0.460 e. The van der Waals surface area contributed by atoms with Crippen LogP contribution in [-0.2, 0) is 0 Å². The average molecular weight is 648 g/mol. The fraction of sp³-hybridized carbons (Fsp3) is 0.231. The predicted molar refractivity (Wildman–Crippen MR) is 126 cm³/mol. The number of halogens is 14. The lowest BCUT2D eigenvalue weighted by molar-refractivity contribution is -0.339. The van der Waals surface area contributed by atoms with E-state index in [2.05, 4.69) is 15.0 Å². The van der Waals surface area contributed by atoms with Crippen molar-refractivity contribution < 1.29 is 61.5 Å². The number of rotatable bonds is 4. The third kappa shape index (κ3) is 4.70. The lowest BCUT2D eigenvalue weighted by Crippen LogP contribution is -2.54. The number of fused-ring (bicyclic) bond motifs is 8. The number of aromatic amines is 4. The second-order valence-corrected chi connectivity index (χ2v) is 9.64. The first-order valence-corrected chi connectivity index (χ1v) is 11.9. The first-order chi connectivity index (χ1) is 20.1. The summed E-state index contributed by atoms with van der Waals surface area (Å²) in [5, 5.41) is -2.44. The Hall–Kier alpha value is -4.38. The minimum atomic E-state index is -6.85. The average Bonchev–Trinajstić information content (AvgIpc) is 3.68. The van der Waals surface area contributed by atoms with E-state index in [1.54, 1.807) is 4.98 Å². The number of alkyl halides is 14. The SMILES string of the molecule is FC(F)(F)C(F)(F)C(F)(F)C1=c2ccc([nH]2)=C(C(F)(F)C(F)(F)C(F)(F)F)c2ccc([nH]2)C=c2ccc([nH]2)=Cc2ccc1[nH]2. The molecule has 0 amide bonds. The van der Waals surface area contributed by atoms with Crippen LogP contribution in [0.25, 0.3) is 23.3 Å². The normalized spacial score (nSPS) is 15.3. The molecular weight excluding hydrogens is 634 g/mol. The molecule has 44 heavy (non-hydrogen) atoms. The predicted octanol–water partition coefficient (Wildman–Crippen LogP) is 5.03. The fourth-order valence-corrected chi connectivity index (χ4v) is 4.54. The summed E-state index contributed by atoms with van der Waals surface area (Å²) in [5.74, 6) is -25.9. The Balaban J connectivity index is 1.97. The van der Waals surface area contributed by atoms with Gasteiger partial charge in [0.25, 0.3) is 0 Å². The number of aromatic nitrogens is 4. The van der Waals surface area contributed by atoms with Crippen molar-refractivity contribution in [2.45, 2.75) is 36.0 Å². The van der Waals surface area contributed by atoms with Gasteiger partial charge in [-0.1, -0.05) is 0 Å². The molecule has 4 N–H and O–H groups in total. The molecule has 0 aromatic carbocycles. The third-order valence-electron chi connectivity index (χ3n) is 6.66. The van der Waals surface area contributed by atoms with Gasteiger partial charge in [0.15, 0.2) is 0 Å². The van der Waals surface area contributed by atoms with E-state index in [0.29, 0.717) is 12.1 Å². The summed E-state index contributed by atoms with van der Waals surface area (Å²) >= 11 is 0. The molecule has 1 aliphatic heterocycles. The summed E-state index contributed by atoms with van der Waals surface area (Å²) in [6.45, 7) is 0. The molecule has 0 spiro atoms. The number of hydrogen-bond donors (Lipinski definition) is 4. The van der Waals surface area contributed by atoms with Crippen LogP contribution in [0.1, 0.15) is 22.8 Å². The third-order valence-corrected chi connectivity index (χ3v) is 6.66. The van der Waals surface area contributed by atoms with Crippen LogP contribution in [0.4, 0.5) is 61.5 Å².